The minimum atomic E-state index is -0.447. The third-order valence-corrected chi connectivity index (χ3v) is 3.32. The molecule has 0 aromatic carbocycles. The maximum atomic E-state index is 11.8. The van der Waals surface area contributed by atoms with E-state index < -0.39 is 6.03 Å². The smallest absolute Gasteiger partial charge is 0.321 e. The quantitative estimate of drug-likeness (QED) is 0.732. The summed E-state index contributed by atoms with van der Waals surface area (Å²) in [5.41, 5.74) is 0. The van der Waals surface area contributed by atoms with Crippen LogP contribution in [0.25, 0.3) is 0 Å². The van der Waals surface area contributed by atoms with Crippen molar-refractivity contribution in [2.45, 2.75) is 45.1 Å². The van der Waals surface area contributed by atoms with Crippen molar-refractivity contribution in [1.82, 2.24) is 15.5 Å². The van der Waals surface area contributed by atoms with Crippen LogP contribution in [-0.2, 0) is 4.79 Å². The van der Waals surface area contributed by atoms with E-state index in [1.165, 1.54) is 19.3 Å². The molecule has 2 N–H and O–H groups in total. The standard InChI is InChI=1S/C14H23N3O2/c1-3-10-17(12-8-6-5-7-9-12)11-13(18)16-14(19)15-4-2/h1,12H,4-11H2,2H3,(H2,15,16,18,19). The van der Waals surface area contributed by atoms with E-state index in [4.69, 9.17) is 6.42 Å². The predicted octanol–water partition coefficient (Wildman–Crippen LogP) is 1.10. The molecule has 0 aromatic heterocycles. The van der Waals surface area contributed by atoms with Gasteiger partial charge in [0.1, 0.15) is 0 Å². The van der Waals surface area contributed by atoms with E-state index in [-0.39, 0.29) is 12.5 Å². The van der Waals surface area contributed by atoms with Crippen LogP contribution in [0, 0.1) is 12.3 Å². The summed E-state index contributed by atoms with van der Waals surface area (Å²) in [6, 6.07) is -0.0819. The lowest BCUT2D eigenvalue weighted by molar-refractivity contribution is -0.121. The van der Waals surface area contributed by atoms with Crippen molar-refractivity contribution < 1.29 is 9.59 Å². The van der Waals surface area contributed by atoms with Crippen LogP contribution in [0.2, 0.25) is 0 Å². The summed E-state index contributed by atoms with van der Waals surface area (Å²) < 4.78 is 0. The maximum Gasteiger partial charge on any atom is 0.321 e. The van der Waals surface area contributed by atoms with Crippen molar-refractivity contribution >= 4 is 11.9 Å². The zero-order valence-electron chi connectivity index (χ0n) is 11.6. The summed E-state index contributed by atoms with van der Waals surface area (Å²) in [6.45, 7) is 2.94. The zero-order chi connectivity index (χ0) is 14.1. The first kappa shape index (κ1) is 15.5. The molecular formula is C14H23N3O2. The SMILES string of the molecule is C#CCN(CC(=O)NC(=O)NCC)C1CCCCC1. The summed E-state index contributed by atoms with van der Waals surface area (Å²) in [7, 11) is 0. The maximum absolute atomic E-state index is 11.8. The molecule has 106 valence electrons. The Morgan fingerprint density at radius 2 is 2.00 bits per heavy atom. The molecule has 0 bridgehead atoms. The second-order valence-corrected chi connectivity index (χ2v) is 4.81. The van der Waals surface area contributed by atoms with Gasteiger partial charge in [0.25, 0.3) is 0 Å². The minimum absolute atomic E-state index is 0.187. The number of nitrogens with one attached hydrogen (secondary N) is 2. The molecule has 0 atom stereocenters. The average molecular weight is 265 g/mol. The van der Waals surface area contributed by atoms with Crippen molar-refractivity contribution in [2.24, 2.45) is 0 Å². The molecule has 5 heteroatoms. The van der Waals surface area contributed by atoms with E-state index in [2.05, 4.69) is 16.6 Å². The fraction of sp³-hybridized carbons (Fsp3) is 0.714. The number of amides is 3. The monoisotopic (exact) mass is 265 g/mol. The van der Waals surface area contributed by atoms with Gasteiger partial charge in [-0.2, -0.15) is 0 Å². The van der Waals surface area contributed by atoms with Gasteiger partial charge in [0.05, 0.1) is 13.1 Å². The van der Waals surface area contributed by atoms with Crippen molar-refractivity contribution in [3.63, 3.8) is 0 Å². The molecule has 0 heterocycles. The molecule has 0 spiro atoms. The first-order valence-electron chi connectivity index (χ1n) is 6.92. The number of carbonyl (C=O) groups is 2. The molecule has 1 saturated carbocycles. The first-order chi connectivity index (χ1) is 9.17. The highest BCUT2D eigenvalue weighted by atomic mass is 16.2. The van der Waals surface area contributed by atoms with Crippen LogP contribution in [-0.4, -0.2) is 42.5 Å². The Morgan fingerprint density at radius 1 is 1.32 bits per heavy atom. The Kier molecular flexibility index (Phi) is 6.98. The zero-order valence-corrected chi connectivity index (χ0v) is 11.6. The third kappa shape index (κ3) is 5.75. The molecule has 3 amide bonds. The summed E-state index contributed by atoms with van der Waals surface area (Å²) in [6.07, 6.45) is 11.1. The molecule has 1 aliphatic rings. The number of hydrogen-bond donors (Lipinski definition) is 2. The molecule has 0 unspecified atom stereocenters. The van der Waals surface area contributed by atoms with Gasteiger partial charge < -0.3 is 5.32 Å². The highest BCUT2D eigenvalue weighted by molar-refractivity contribution is 5.95. The molecule has 1 fully saturated rings. The van der Waals surface area contributed by atoms with Gasteiger partial charge >= 0.3 is 6.03 Å². The topological polar surface area (TPSA) is 61.4 Å². The number of nitrogens with zero attached hydrogens (tertiary/aromatic N) is 1. The van der Waals surface area contributed by atoms with E-state index in [0.717, 1.165) is 12.8 Å². The number of rotatable bonds is 5. The first-order valence-corrected chi connectivity index (χ1v) is 6.92. The summed E-state index contributed by atoms with van der Waals surface area (Å²) in [5, 5.41) is 4.84. The Morgan fingerprint density at radius 3 is 2.58 bits per heavy atom. The number of carbonyl (C=O) groups excluding carboxylic acids is 2. The average Bonchev–Trinajstić information content (AvgIpc) is 2.39. The van der Waals surface area contributed by atoms with Gasteiger partial charge in [0.2, 0.25) is 5.91 Å². The number of terminal acetylenes is 1. The van der Waals surface area contributed by atoms with Crippen LogP contribution in [0.3, 0.4) is 0 Å². The van der Waals surface area contributed by atoms with Crippen LogP contribution < -0.4 is 10.6 Å². The van der Waals surface area contributed by atoms with Crippen LogP contribution in [0.4, 0.5) is 4.79 Å². The van der Waals surface area contributed by atoms with Crippen LogP contribution in [0.5, 0.6) is 0 Å². The lowest BCUT2D eigenvalue weighted by Gasteiger charge is -2.32. The molecule has 0 saturated heterocycles. The van der Waals surface area contributed by atoms with Crippen LogP contribution in [0.1, 0.15) is 39.0 Å². The summed E-state index contributed by atoms with van der Waals surface area (Å²) in [5.74, 6) is 2.30. The van der Waals surface area contributed by atoms with Crippen LogP contribution in [0.15, 0.2) is 0 Å². The second kappa shape index (κ2) is 8.54. The third-order valence-electron chi connectivity index (χ3n) is 3.32. The Balaban J connectivity index is 2.45. The van der Waals surface area contributed by atoms with E-state index in [9.17, 15) is 9.59 Å². The van der Waals surface area contributed by atoms with E-state index in [1.54, 1.807) is 6.92 Å². The molecule has 1 aliphatic carbocycles. The van der Waals surface area contributed by atoms with E-state index in [0.29, 0.717) is 19.1 Å². The molecule has 1 rings (SSSR count). The van der Waals surface area contributed by atoms with Crippen molar-refractivity contribution in [3.8, 4) is 12.3 Å². The van der Waals surface area contributed by atoms with Crippen molar-refractivity contribution in [2.75, 3.05) is 19.6 Å². The lowest BCUT2D eigenvalue weighted by atomic mass is 9.94. The van der Waals surface area contributed by atoms with Gasteiger partial charge in [-0.3, -0.25) is 15.0 Å². The molecule has 19 heavy (non-hydrogen) atoms. The predicted molar refractivity (Wildman–Crippen MR) is 74.5 cm³/mol. The minimum Gasteiger partial charge on any atom is -0.338 e. The lowest BCUT2D eigenvalue weighted by Crippen LogP contribution is -2.47. The summed E-state index contributed by atoms with van der Waals surface area (Å²) >= 11 is 0. The molecular weight excluding hydrogens is 242 g/mol. The molecule has 0 aliphatic heterocycles. The van der Waals surface area contributed by atoms with Crippen molar-refractivity contribution in [1.29, 1.82) is 0 Å². The van der Waals surface area contributed by atoms with Crippen molar-refractivity contribution in [3.05, 3.63) is 0 Å². The fourth-order valence-electron chi connectivity index (χ4n) is 2.43. The molecule has 0 aromatic rings. The normalized spacial score (nSPS) is 15.8. The number of imide groups is 1. The van der Waals surface area contributed by atoms with E-state index in [1.807, 2.05) is 4.90 Å². The largest absolute Gasteiger partial charge is 0.338 e. The molecule has 0 radical (unpaired) electrons. The van der Waals surface area contributed by atoms with Crippen LogP contribution >= 0.6 is 0 Å². The van der Waals surface area contributed by atoms with E-state index >= 15 is 0 Å². The van der Waals surface area contributed by atoms with Gasteiger partial charge in [-0.25, -0.2) is 4.79 Å². The molecule has 5 nitrogen and oxygen atoms in total. The Labute approximate surface area is 115 Å². The van der Waals surface area contributed by atoms with Gasteiger partial charge in [0, 0.05) is 12.6 Å². The number of hydrogen-bond acceptors (Lipinski definition) is 3. The van der Waals surface area contributed by atoms with Gasteiger partial charge in [0.15, 0.2) is 0 Å². The Hall–Kier alpha value is -1.54. The second-order valence-electron chi connectivity index (χ2n) is 4.81. The number of urea groups is 1. The Bertz CT molecular complexity index is 343. The highest BCUT2D eigenvalue weighted by Gasteiger charge is 2.22. The van der Waals surface area contributed by atoms with Gasteiger partial charge in [-0.15, -0.1) is 6.42 Å². The fourth-order valence-corrected chi connectivity index (χ4v) is 2.43. The summed E-state index contributed by atoms with van der Waals surface area (Å²) in [4.78, 5) is 25.0. The highest BCUT2D eigenvalue weighted by Crippen LogP contribution is 2.22. The van der Waals surface area contributed by atoms with Gasteiger partial charge in [-0.1, -0.05) is 25.2 Å². The van der Waals surface area contributed by atoms with Gasteiger partial charge in [-0.05, 0) is 19.8 Å².